The molecule has 1 aromatic heterocycles. The zero-order valence-electron chi connectivity index (χ0n) is 7.41. The van der Waals surface area contributed by atoms with Gasteiger partial charge in [-0.05, 0) is 12.3 Å². The minimum absolute atomic E-state index is 0.461. The maximum absolute atomic E-state index is 10.2. The molecule has 0 atom stereocenters. The molecule has 0 N–H and O–H groups in total. The highest BCUT2D eigenvalue weighted by atomic mass is 32.1. The fourth-order valence-corrected chi connectivity index (χ4v) is 1.78. The molecule has 0 aromatic carbocycles. The lowest BCUT2D eigenvalue weighted by atomic mass is 10.1. The SMILES string of the molecule is CC(C)Cc1csc(CC=O)n1. The highest BCUT2D eigenvalue weighted by Crippen LogP contribution is 2.13. The van der Waals surface area contributed by atoms with Gasteiger partial charge in [-0.25, -0.2) is 4.98 Å². The highest BCUT2D eigenvalue weighted by Gasteiger charge is 2.02. The first-order chi connectivity index (χ1) is 5.72. The number of hydrogen-bond acceptors (Lipinski definition) is 3. The van der Waals surface area contributed by atoms with E-state index in [1.165, 1.54) is 0 Å². The van der Waals surface area contributed by atoms with E-state index in [1.807, 2.05) is 5.38 Å². The summed E-state index contributed by atoms with van der Waals surface area (Å²) in [4.78, 5) is 14.5. The van der Waals surface area contributed by atoms with Crippen molar-refractivity contribution >= 4 is 17.6 Å². The molecule has 1 heterocycles. The van der Waals surface area contributed by atoms with Crippen LogP contribution in [0.3, 0.4) is 0 Å². The van der Waals surface area contributed by atoms with Crippen LogP contribution >= 0.6 is 11.3 Å². The average molecular weight is 183 g/mol. The van der Waals surface area contributed by atoms with Crippen LogP contribution in [0.15, 0.2) is 5.38 Å². The van der Waals surface area contributed by atoms with Crippen molar-refractivity contribution in [3.8, 4) is 0 Å². The molecule has 0 saturated heterocycles. The Morgan fingerprint density at radius 2 is 2.42 bits per heavy atom. The van der Waals surface area contributed by atoms with Gasteiger partial charge in [0.15, 0.2) is 0 Å². The standard InChI is InChI=1S/C9H13NOS/c1-7(2)5-8-6-12-9(10-8)3-4-11/h4,6-7H,3,5H2,1-2H3. The van der Waals surface area contributed by atoms with Gasteiger partial charge in [0.05, 0.1) is 17.1 Å². The van der Waals surface area contributed by atoms with Gasteiger partial charge < -0.3 is 4.79 Å². The monoisotopic (exact) mass is 183 g/mol. The third-order valence-corrected chi connectivity index (χ3v) is 2.39. The van der Waals surface area contributed by atoms with E-state index in [9.17, 15) is 4.79 Å². The molecule has 0 fully saturated rings. The zero-order chi connectivity index (χ0) is 8.97. The van der Waals surface area contributed by atoms with E-state index in [-0.39, 0.29) is 0 Å². The Bertz CT molecular complexity index is 255. The first-order valence-electron chi connectivity index (χ1n) is 4.09. The summed E-state index contributed by atoms with van der Waals surface area (Å²) < 4.78 is 0. The summed E-state index contributed by atoms with van der Waals surface area (Å²) >= 11 is 1.57. The smallest absolute Gasteiger partial charge is 0.126 e. The second-order valence-electron chi connectivity index (χ2n) is 3.20. The topological polar surface area (TPSA) is 30.0 Å². The summed E-state index contributed by atoms with van der Waals surface area (Å²) in [5.74, 6) is 0.635. The van der Waals surface area contributed by atoms with Crippen molar-refractivity contribution in [2.24, 2.45) is 5.92 Å². The van der Waals surface area contributed by atoms with E-state index < -0.39 is 0 Å². The van der Waals surface area contributed by atoms with Crippen LogP contribution in [-0.2, 0) is 17.6 Å². The summed E-state index contributed by atoms with van der Waals surface area (Å²) in [6, 6.07) is 0. The molecule has 12 heavy (non-hydrogen) atoms. The van der Waals surface area contributed by atoms with Crippen LogP contribution < -0.4 is 0 Å². The lowest BCUT2D eigenvalue weighted by Gasteiger charge is -1.98. The summed E-state index contributed by atoms with van der Waals surface area (Å²) in [5, 5.41) is 2.97. The van der Waals surface area contributed by atoms with Gasteiger partial charge in [0.2, 0.25) is 0 Å². The van der Waals surface area contributed by atoms with E-state index in [2.05, 4.69) is 18.8 Å². The maximum Gasteiger partial charge on any atom is 0.126 e. The molecule has 2 nitrogen and oxygen atoms in total. The van der Waals surface area contributed by atoms with Gasteiger partial charge in [0.25, 0.3) is 0 Å². The van der Waals surface area contributed by atoms with E-state index in [0.717, 1.165) is 23.4 Å². The molecular weight excluding hydrogens is 170 g/mol. The van der Waals surface area contributed by atoms with Crippen LogP contribution in [0.25, 0.3) is 0 Å². The number of nitrogens with zero attached hydrogens (tertiary/aromatic N) is 1. The van der Waals surface area contributed by atoms with Crippen molar-refractivity contribution < 1.29 is 4.79 Å². The molecule has 0 aliphatic carbocycles. The number of carbonyl (C=O) groups is 1. The minimum atomic E-state index is 0.461. The number of carbonyl (C=O) groups excluding carboxylic acids is 1. The van der Waals surface area contributed by atoms with Crippen LogP contribution in [0.5, 0.6) is 0 Å². The highest BCUT2D eigenvalue weighted by molar-refractivity contribution is 7.09. The molecule has 0 aliphatic heterocycles. The summed E-state index contributed by atoms with van der Waals surface area (Å²) in [5.41, 5.74) is 1.12. The summed E-state index contributed by atoms with van der Waals surface area (Å²) in [7, 11) is 0. The molecule has 0 unspecified atom stereocenters. The number of aromatic nitrogens is 1. The first kappa shape index (κ1) is 9.39. The predicted molar refractivity (Wildman–Crippen MR) is 50.4 cm³/mol. The van der Waals surface area contributed by atoms with Crippen molar-refractivity contribution in [1.82, 2.24) is 4.98 Å². The Labute approximate surface area is 76.6 Å². The molecule has 66 valence electrons. The van der Waals surface area contributed by atoms with Gasteiger partial charge in [-0.1, -0.05) is 13.8 Å². The third-order valence-electron chi connectivity index (χ3n) is 1.47. The Kier molecular flexibility index (Phi) is 3.41. The number of hydrogen-bond donors (Lipinski definition) is 0. The van der Waals surface area contributed by atoms with Crippen LogP contribution in [0.2, 0.25) is 0 Å². The molecular formula is C9H13NOS. The molecule has 0 bridgehead atoms. The van der Waals surface area contributed by atoms with Crippen LogP contribution in [-0.4, -0.2) is 11.3 Å². The molecule has 3 heteroatoms. The molecule has 0 radical (unpaired) electrons. The van der Waals surface area contributed by atoms with Crippen LogP contribution in [0, 0.1) is 5.92 Å². The van der Waals surface area contributed by atoms with Crippen molar-refractivity contribution in [3.63, 3.8) is 0 Å². The average Bonchev–Trinajstić information content (AvgIpc) is 2.36. The van der Waals surface area contributed by atoms with Crippen molar-refractivity contribution in [3.05, 3.63) is 16.1 Å². The second-order valence-corrected chi connectivity index (χ2v) is 4.14. The Morgan fingerprint density at radius 1 is 1.67 bits per heavy atom. The normalized spacial score (nSPS) is 10.6. The molecule has 0 aliphatic rings. The van der Waals surface area contributed by atoms with Crippen molar-refractivity contribution in [2.75, 3.05) is 0 Å². The Hall–Kier alpha value is -0.700. The van der Waals surface area contributed by atoms with Gasteiger partial charge in [-0.3, -0.25) is 0 Å². The molecule has 0 spiro atoms. The largest absolute Gasteiger partial charge is 0.303 e. The van der Waals surface area contributed by atoms with Gasteiger partial charge in [0.1, 0.15) is 6.29 Å². The zero-order valence-corrected chi connectivity index (χ0v) is 8.23. The fraction of sp³-hybridized carbons (Fsp3) is 0.556. The predicted octanol–water partition coefficient (Wildman–Crippen LogP) is 2.08. The van der Waals surface area contributed by atoms with E-state index >= 15 is 0 Å². The summed E-state index contributed by atoms with van der Waals surface area (Å²) in [6.45, 7) is 4.33. The van der Waals surface area contributed by atoms with E-state index in [1.54, 1.807) is 11.3 Å². The number of thiazole rings is 1. The van der Waals surface area contributed by atoms with Crippen molar-refractivity contribution in [1.29, 1.82) is 0 Å². The first-order valence-corrected chi connectivity index (χ1v) is 4.97. The van der Waals surface area contributed by atoms with Gasteiger partial charge in [0, 0.05) is 5.38 Å². The van der Waals surface area contributed by atoms with Gasteiger partial charge in [-0.15, -0.1) is 11.3 Å². The molecule has 0 saturated carbocycles. The van der Waals surface area contributed by atoms with Gasteiger partial charge in [-0.2, -0.15) is 0 Å². The van der Waals surface area contributed by atoms with Gasteiger partial charge >= 0.3 is 0 Å². The number of rotatable bonds is 4. The quantitative estimate of drug-likeness (QED) is 0.669. The number of aldehydes is 1. The maximum atomic E-state index is 10.2. The van der Waals surface area contributed by atoms with Crippen LogP contribution in [0.1, 0.15) is 24.5 Å². The minimum Gasteiger partial charge on any atom is -0.303 e. The van der Waals surface area contributed by atoms with Crippen molar-refractivity contribution in [2.45, 2.75) is 26.7 Å². The van der Waals surface area contributed by atoms with E-state index in [0.29, 0.717) is 12.3 Å². The molecule has 1 rings (SSSR count). The third kappa shape index (κ3) is 2.74. The fourth-order valence-electron chi connectivity index (χ4n) is 1.03. The molecule has 0 amide bonds. The summed E-state index contributed by atoms with van der Waals surface area (Å²) in [6.07, 6.45) is 2.37. The Morgan fingerprint density at radius 3 is 3.00 bits per heavy atom. The second kappa shape index (κ2) is 4.36. The lowest BCUT2D eigenvalue weighted by molar-refractivity contribution is -0.107. The lowest BCUT2D eigenvalue weighted by Crippen LogP contribution is -1.94. The van der Waals surface area contributed by atoms with Crippen LogP contribution in [0.4, 0.5) is 0 Å². The molecule has 1 aromatic rings. The Balaban J connectivity index is 2.57. The van der Waals surface area contributed by atoms with E-state index in [4.69, 9.17) is 0 Å².